The lowest BCUT2D eigenvalue weighted by Gasteiger charge is -2.25. The highest BCUT2D eigenvalue weighted by atomic mass is 19.1. The number of H-pyrrole nitrogens is 1. The number of aromatic nitrogens is 3. The molecule has 1 aromatic carbocycles. The zero-order valence-electron chi connectivity index (χ0n) is 17.6. The highest BCUT2D eigenvalue weighted by Crippen LogP contribution is 2.22. The van der Waals surface area contributed by atoms with Crippen LogP contribution in [0.25, 0.3) is 11.5 Å². The minimum Gasteiger partial charge on any atom is -0.444 e. The van der Waals surface area contributed by atoms with Crippen LogP contribution in [0.15, 0.2) is 44.5 Å². The summed E-state index contributed by atoms with van der Waals surface area (Å²) in [5, 5.41) is 0. The van der Waals surface area contributed by atoms with E-state index in [9.17, 15) is 14.0 Å². The van der Waals surface area contributed by atoms with Gasteiger partial charge in [0, 0.05) is 25.8 Å². The van der Waals surface area contributed by atoms with Gasteiger partial charge in [0.2, 0.25) is 5.89 Å². The fourth-order valence-electron chi connectivity index (χ4n) is 3.19. The van der Waals surface area contributed by atoms with Crippen LogP contribution in [0.4, 0.5) is 15.9 Å². The Morgan fingerprint density at radius 3 is 2.71 bits per heavy atom. The molecule has 3 aromatic rings. The van der Waals surface area contributed by atoms with Crippen molar-refractivity contribution < 1.29 is 13.5 Å². The molecule has 3 rings (SSSR count). The van der Waals surface area contributed by atoms with Crippen LogP contribution in [0.2, 0.25) is 0 Å². The van der Waals surface area contributed by atoms with Gasteiger partial charge in [-0.05, 0) is 30.7 Å². The molecule has 0 aliphatic rings. The summed E-state index contributed by atoms with van der Waals surface area (Å²) < 4.78 is 25.2. The number of aromatic amines is 1. The molecule has 31 heavy (non-hydrogen) atoms. The molecule has 0 saturated heterocycles. The molecule has 166 valence electrons. The maximum Gasteiger partial charge on any atom is 0.330 e. The smallest absolute Gasteiger partial charge is 0.330 e. The molecule has 0 unspecified atom stereocenters. The SMILES string of the molecule is CCCCn1c(N)c(N(CCOC)Cc2coc(-c3ccc(F)cc3)n2)c(=O)[nH]c1=O. The van der Waals surface area contributed by atoms with Crippen LogP contribution in [0.3, 0.4) is 0 Å². The van der Waals surface area contributed by atoms with Crippen molar-refractivity contribution in [1.82, 2.24) is 14.5 Å². The van der Waals surface area contributed by atoms with Crippen molar-refractivity contribution in [2.24, 2.45) is 0 Å². The Morgan fingerprint density at radius 1 is 1.29 bits per heavy atom. The molecule has 2 heterocycles. The Balaban J connectivity index is 1.94. The van der Waals surface area contributed by atoms with Gasteiger partial charge < -0.3 is 19.8 Å². The van der Waals surface area contributed by atoms with Gasteiger partial charge in [-0.3, -0.25) is 14.3 Å². The molecule has 2 aromatic heterocycles. The number of nitrogen functional groups attached to an aromatic ring is 1. The van der Waals surface area contributed by atoms with E-state index >= 15 is 0 Å². The van der Waals surface area contributed by atoms with Crippen molar-refractivity contribution >= 4 is 11.5 Å². The van der Waals surface area contributed by atoms with Crippen molar-refractivity contribution in [1.29, 1.82) is 0 Å². The van der Waals surface area contributed by atoms with Crippen LogP contribution in [0.1, 0.15) is 25.5 Å². The average molecular weight is 431 g/mol. The van der Waals surface area contributed by atoms with Crippen molar-refractivity contribution in [3.05, 3.63) is 62.9 Å². The predicted octanol–water partition coefficient (Wildman–Crippen LogP) is 2.37. The first kappa shape index (κ1) is 22.3. The number of methoxy groups -OCH3 is 1. The number of nitrogens with two attached hydrogens (primary N) is 1. The summed E-state index contributed by atoms with van der Waals surface area (Å²) in [4.78, 5) is 33.3. The molecular formula is C21H26FN5O4. The average Bonchev–Trinajstić information content (AvgIpc) is 3.20. The van der Waals surface area contributed by atoms with E-state index in [1.54, 1.807) is 24.1 Å². The maximum atomic E-state index is 13.2. The van der Waals surface area contributed by atoms with Gasteiger partial charge in [-0.15, -0.1) is 0 Å². The molecule has 0 aliphatic heterocycles. The van der Waals surface area contributed by atoms with Crippen LogP contribution >= 0.6 is 0 Å². The van der Waals surface area contributed by atoms with Crippen molar-refractivity contribution in [3.8, 4) is 11.5 Å². The zero-order chi connectivity index (χ0) is 22.4. The van der Waals surface area contributed by atoms with E-state index in [1.165, 1.54) is 23.0 Å². The van der Waals surface area contributed by atoms with Gasteiger partial charge in [0.05, 0.1) is 18.8 Å². The highest BCUT2D eigenvalue weighted by molar-refractivity contribution is 5.62. The Kier molecular flexibility index (Phi) is 7.24. The van der Waals surface area contributed by atoms with E-state index in [0.29, 0.717) is 36.8 Å². The molecule has 0 atom stereocenters. The van der Waals surface area contributed by atoms with E-state index in [2.05, 4.69) is 9.97 Å². The third-order valence-electron chi connectivity index (χ3n) is 4.83. The fraction of sp³-hybridized carbons (Fsp3) is 0.381. The summed E-state index contributed by atoms with van der Waals surface area (Å²) in [5.41, 5.74) is 6.48. The first-order chi connectivity index (χ1) is 14.9. The molecular weight excluding hydrogens is 405 g/mol. The second-order valence-corrected chi connectivity index (χ2v) is 7.06. The van der Waals surface area contributed by atoms with E-state index in [1.807, 2.05) is 6.92 Å². The third-order valence-corrected chi connectivity index (χ3v) is 4.83. The van der Waals surface area contributed by atoms with Crippen molar-refractivity contribution in [3.63, 3.8) is 0 Å². The number of hydrogen-bond acceptors (Lipinski definition) is 7. The van der Waals surface area contributed by atoms with Gasteiger partial charge in [-0.2, -0.15) is 0 Å². The second kappa shape index (κ2) is 10.1. The summed E-state index contributed by atoms with van der Waals surface area (Å²) in [7, 11) is 1.55. The predicted molar refractivity (Wildman–Crippen MR) is 115 cm³/mol. The monoisotopic (exact) mass is 431 g/mol. The maximum absolute atomic E-state index is 13.2. The molecule has 0 spiro atoms. The number of ether oxygens (including phenoxy) is 1. The molecule has 0 aliphatic carbocycles. The Bertz CT molecular complexity index is 1120. The summed E-state index contributed by atoms with van der Waals surface area (Å²) >= 11 is 0. The van der Waals surface area contributed by atoms with Gasteiger partial charge in [0.1, 0.15) is 23.6 Å². The van der Waals surface area contributed by atoms with E-state index in [4.69, 9.17) is 14.9 Å². The van der Waals surface area contributed by atoms with Crippen molar-refractivity contribution in [2.75, 3.05) is 30.9 Å². The highest BCUT2D eigenvalue weighted by Gasteiger charge is 2.20. The Morgan fingerprint density at radius 2 is 2.03 bits per heavy atom. The number of rotatable bonds is 10. The largest absolute Gasteiger partial charge is 0.444 e. The topological polar surface area (TPSA) is 119 Å². The molecule has 0 fully saturated rings. The molecule has 0 radical (unpaired) electrons. The van der Waals surface area contributed by atoms with Gasteiger partial charge >= 0.3 is 5.69 Å². The van der Waals surface area contributed by atoms with Crippen LogP contribution in [0.5, 0.6) is 0 Å². The molecule has 0 bridgehead atoms. The van der Waals surface area contributed by atoms with Gasteiger partial charge in [-0.1, -0.05) is 13.3 Å². The van der Waals surface area contributed by atoms with Crippen LogP contribution < -0.4 is 21.9 Å². The lowest BCUT2D eigenvalue weighted by Crippen LogP contribution is -2.39. The molecule has 10 heteroatoms. The van der Waals surface area contributed by atoms with E-state index < -0.39 is 11.2 Å². The summed E-state index contributed by atoms with van der Waals surface area (Å²) in [5.74, 6) is 0.0752. The summed E-state index contributed by atoms with van der Waals surface area (Å²) in [6.45, 7) is 3.28. The molecule has 3 N–H and O–H groups in total. The second-order valence-electron chi connectivity index (χ2n) is 7.06. The standard InChI is InChI=1S/C21H26FN5O4/c1-3-4-9-27-18(23)17(19(28)25-21(27)29)26(10-11-30-2)12-16-13-31-20(24-16)14-5-7-15(22)8-6-14/h5-8,13H,3-4,9-12,23H2,1-2H3,(H,25,28,29). The number of hydrogen-bond donors (Lipinski definition) is 2. The first-order valence-electron chi connectivity index (χ1n) is 10.0. The molecule has 0 amide bonds. The zero-order valence-corrected chi connectivity index (χ0v) is 17.6. The van der Waals surface area contributed by atoms with Gasteiger partial charge in [0.15, 0.2) is 0 Å². The van der Waals surface area contributed by atoms with Crippen LogP contribution in [-0.2, 0) is 17.8 Å². The minimum absolute atomic E-state index is 0.0977. The van der Waals surface area contributed by atoms with Gasteiger partial charge in [-0.25, -0.2) is 14.2 Å². The van der Waals surface area contributed by atoms with Crippen LogP contribution in [-0.4, -0.2) is 34.8 Å². The molecule has 9 nitrogen and oxygen atoms in total. The van der Waals surface area contributed by atoms with Gasteiger partial charge in [0.25, 0.3) is 5.56 Å². The van der Waals surface area contributed by atoms with Crippen LogP contribution in [0, 0.1) is 5.82 Å². The Labute approximate surface area is 178 Å². The number of unbranched alkanes of at least 4 members (excludes halogenated alkanes) is 1. The fourth-order valence-corrected chi connectivity index (χ4v) is 3.19. The quantitative estimate of drug-likeness (QED) is 0.506. The number of anilines is 2. The number of nitrogens with one attached hydrogen (secondary N) is 1. The minimum atomic E-state index is -0.575. The Hall–Kier alpha value is -3.40. The number of oxazole rings is 1. The van der Waals surface area contributed by atoms with Crippen molar-refractivity contribution in [2.45, 2.75) is 32.9 Å². The first-order valence-corrected chi connectivity index (χ1v) is 10.0. The summed E-state index contributed by atoms with van der Waals surface area (Å²) in [6.07, 6.45) is 3.09. The van der Waals surface area contributed by atoms with E-state index in [0.717, 1.165) is 12.8 Å². The normalized spacial score (nSPS) is 11.1. The number of benzene rings is 1. The third kappa shape index (κ3) is 5.21. The lowest BCUT2D eigenvalue weighted by molar-refractivity contribution is 0.205. The number of halogens is 1. The van der Waals surface area contributed by atoms with E-state index in [-0.39, 0.29) is 23.9 Å². The summed E-state index contributed by atoms with van der Waals surface area (Å²) in [6, 6.07) is 5.79. The number of nitrogens with zero attached hydrogens (tertiary/aromatic N) is 3. The lowest BCUT2D eigenvalue weighted by atomic mass is 10.2. The molecule has 0 saturated carbocycles.